The summed E-state index contributed by atoms with van der Waals surface area (Å²) < 4.78 is 19.2. The zero-order valence-electron chi connectivity index (χ0n) is 20.9. The molecule has 2 aromatic heterocycles. The van der Waals surface area contributed by atoms with Crippen molar-refractivity contribution in [3.05, 3.63) is 88.1 Å². The Hall–Kier alpha value is -3.66. The van der Waals surface area contributed by atoms with E-state index in [1.165, 1.54) is 35.1 Å². The lowest BCUT2D eigenvalue weighted by atomic mass is 9.99. The molecule has 2 aliphatic heterocycles. The maximum atomic E-state index is 13.5. The van der Waals surface area contributed by atoms with Crippen LogP contribution < -0.4 is 10.1 Å². The maximum absolute atomic E-state index is 13.5. The number of anilines is 1. The fourth-order valence-electron chi connectivity index (χ4n) is 4.83. The highest BCUT2D eigenvalue weighted by Crippen LogP contribution is 2.36. The molecule has 1 N–H and O–H groups in total. The summed E-state index contributed by atoms with van der Waals surface area (Å²) in [7, 11) is 0. The number of nitrogens with zero attached hydrogens (tertiary/aromatic N) is 4. The molecule has 1 fully saturated rings. The van der Waals surface area contributed by atoms with E-state index in [0.717, 1.165) is 31.2 Å². The lowest BCUT2D eigenvalue weighted by molar-refractivity contribution is 0.0998. The molecule has 7 nitrogen and oxygen atoms in total. The molecule has 1 atom stereocenters. The average Bonchev–Trinajstić information content (AvgIpc) is 3.59. The summed E-state index contributed by atoms with van der Waals surface area (Å²) >= 11 is 7.37. The summed E-state index contributed by atoms with van der Waals surface area (Å²) in [4.78, 5) is 29.4. The van der Waals surface area contributed by atoms with Crippen LogP contribution in [0.5, 0.6) is 5.75 Å². The van der Waals surface area contributed by atoms with Crippen molar-refractivity contribution >= 4 is 45.3 Å². The molecule has 4 heterocycles. The van der Waals surface area contributed by atoms with E-state index in [2.05, 4.69) is 39.5 Å². The predicted molar refractivity (Wildman–Crippen MR) is 152 cm³/mol. The quantitative estimate of drug-likeness (QED) is 0.267. The molecule has 39 heavy (non-hydrogen) atoms. The van der Waals surface area contributed by atoms with Crippen molar-refractivity contribution in [2.75, 3.05) is 25.0 Å². The summed E-state index contributed by atoms with van der Waals surface area (Å²) in [5, 5.41) is 6.30. The number of nitrogens with one attached hydrogen (secondary N) is 1. The number of aliphatic imine (C=N–C) groups is 1. The molecule has 1 saturated heterocycles. The van der Waals surface area contributed by atoms with E-state index in [0.29, 0.717) is 40.1 Å². The highest BCUT2D eigenvalue weighted by atomic mass is 35.5. The van der Waals surface area contributed by atoms with Crippen LogP contribution in [-0.4, -0.2) is 52.1 Å². The van der Waals surface area contributed by atoms with E-state index < -0.39 is 5.82 Å². The number of likely N-dealkylation sites (tertiary alicyclic amines) is 1. The first kappa shape index (κ1) is 25.6. The maximum Gasteiger partial charge on any atom is 0.183 e. The molecule has 0 saturated carbocycles. The molecule has 2 aromatic carbocycles. The van der Waals surface area contributed by atoms with Crippen molar-refractivity contribution in [2.45, 2.75) is 25.4 Å². The SMILES string of the molecule is O=C1CC(COc2ccc(F)c(Cl)c2)=Nc2c1ccnc2-c1csc(NC2CCN(Cc3ccccc3)C2)n1. The number of Topliss-reactive ketones (excluding diaryl/α,β-unsaturated/α-hetero) is 1. The molecule has 0 aliphatic carbocycles. The third kappa shape index (κ3) is 5.85. The van der Waals surface area contributed by atoms with Gasteiger partial charge in [0.05, 0.1) is 17.2 Å². The molecular formula is C29H25ClFN5O2S. The van der Waals surface area contributed by atoms with Crippen LogP contribution in [0.3, 0.4) is 0 Å². The normalized spacial score (nSPS) is 17.1. The fourth-order valence-corrected chi connectivity index (χ4v) is 5.78. The number of rotatable bonds is 8. The number of pyridine rings is 1. The van der Waals surface area contributed by atoms with Crippen LogP contribution in [0.25, 0.3) is 11.4 Å². The van der Waals surface area contributed by atoms with Crippen molar-refractivity contribution < 1.29 is 13.9 Å². The van der Waals surface area contributed by atoms with E-state index in [-0.39, 0.29) is 23.8 Å². The monoisotopic (exact) mass is 561 g/mol. The Morgan fingerprint density at radius 2 is 2.05 bits per heavy atom. The van der Waals surface area contributed by atoms with Crippen LogP contribution in [-0.2, 0) is 6.54 Å². The first-order chi connectivity index (χ1) is 19.0. The number of carbonyl (C=O) groups excluding carboxylic acids is 1. The summed E-state index contributed by atoms with van der Waals surface area (Å²) in [5.74, 6) is -0.177. The van der Waals surface area contributed by atoms with Gasteiger partial charge in [0.15, 0.2) is 10.9 Å². The highest BCUT2D eigenvalue weighted by Gasteiger charge is 2.26. The van der Waals surface area contributed by atoms with Crippen molar-refractivity contribution in [3.8, 4) is 17.1 Å². The van der Waals surface area contributed by atoms with Gasteiger partial charge >= 0.3 is 0 Å². The number of ether oxygens (including phenoxy) is 1. The smallest absolute Gasteiger partial charge is 0.183 e. The number of aromatic nitrogens is 2. The first-order valence-electron chi connectivity index (χ1n) is 12.7. The zero-order valence-corrected chi connectivity index (χ0v) is 22.5. The standard InChI is InChI=1S/C29H25ClFN5O2S/c30-23-13-21(6-7-24(23)31)38-16-20-12-26(37)22-8-10-32-28(27(22)33-20)25-17-39-29(35-25)34-19-9-11-36(15-19)14-18-4-2-1-3-5-18/h1-8,10,13,17,19H,9,11-12,14-16H2,(H,34,35). The van der Waals surface area contributed by atoms with Gasteiger partial charge in [0, 0.05) is 48.9 Å². The third-order valence-corrected chi connectivity index (χ3v) is 7.81. The Kier molecular flexibility index (Phi) is 7.36. The van der Waals surface area contributed by atoms with Crippen molar-refractivity contribution in [2.24, 2.45) is 4.99 Å². The van der Waals surface area contributed by atoms with Gasteiger partial charge < -0.3 is 10.1 Å². The molecule has 6 rings (SSSR count). The van der Waals surface area contributed by atoms with Gasteiger partial charge in [-0.2, -0.15) is 0 Å². The Morgan fingerprint density at radius 1 is 1.18 bits per heavy atom. The fraction of sp³-hybridized carbons (Fsp3) is 0.241. The minimum absolute atomic E-state index is 0.0274. The van der Waals surface area contributed by atoms with Crippen molar-refractivity contribution in [1.82, 2.24) is 14.9 Å². The first-order valence-corrected chi connectivity index (χ1v) is 13.9. The second-order valence-electron chi connectivity index (χ2n) is 9.59. The lowest BCUT2D eigenvalue weighted by Gasteiger charge is -2.17. The topological polar surface area (TPSA) is 79.7 Å². The molecule has 0 radical (unpaired) electrons. The minimum atomic E-state index is -0.520. The minimum Gasteiger partial charge on any atom is -0.488 e. The number of thiazole rings is 1. The lowest BCUT2D eigenvalue weighted by Crippen LogP contribution is -2.25. The van der Waals surface area contributed by atoms with Crippen molar-refractivity contribution in [1.29, 1.82) is 0 Å². The van der Waals surface area contributed by atoms with Gasteiger partial charge in [-0.05, 0) is 30.2 Å². The number of carbonyl (C=O) groups is 1. The van der Waals surface area contributed by atoms with Crippen LogP contribution in [0.4, 0.5) is 15.2 Å². The van der Waals surface area contributed by atoms with E-state index in [4.69, 9.17) is 26.3 Å². The third-order valence-electron chi connectivity index (χ3n) is 6.75. The Balaban J connectivity index is 1.15. The Labute approximate surface area is 234 Å². The molecule has 0 bridgehead atoms. The van der Waals surface area contributed by atoms with E-state index in [1.54, 1.807) is 12.3 Å². The van der Waals surface area contributed by atoms with E-state index >= 15 is 0 Å². The number of benzene rings is 2. The van der Waals surface area contributed by atoms with E-state index in [9.17, 15) is 9.18 Å². The highest BCUT2D eigenvalue weighted by molar-refractivity contribution is 7.14. The summed E-state index contributed by atoms with van der Waals surface area (Å²) in [6.45, 7) is 3.00. The second kappa shape index (κ2) is 11.2. The van der Waals surface area contributed by atoms with Gasteiger partial charge in [0.1, 0.15) is 35.2 Å². The van der Waals surface area contributed by atoms with Crippen LogP contribution >= 0.6 is 22.9 Å². The molecule has 10 heteroatoms. The number of hydrogen-bond donors (Lipinski definition) is 1. The Morgan fingerprint density at radius 3 is 2.90 bits per heavy atom. The second-order valence-corrected chi connectivity index (χ2v) is 10.9. The molecule has 198 valence electrons. The Bertz CT molecular complexity index is 1540. The van der Waals surface area contributed by atoms with Crippen LogP contribution in [0, 0.1) is 5.82 Å². The number of fused-ring (bicyclic) bond motifs is 1. The summed E-state index contributed by atoms with van der Waals surface area (Å²) in [6, 6.07) is 16.6. The largest absolute Gasteiger partial charge is 0.488 e. The van der Waals surface area contributed by atoms with Gasteiger partial charge in [-0.1, -0.05) is 41.9 Å². The summed E-state index contributed by atoms with van der Waals surface area (Å²) in [6.07, 6.45) is 2.80. The van der Waals surface area contributed by atoms with Gasteiger partial charge in [0.2, 0.25) is 0 Å². The van der Waals surface area contributed by atoms with Crippen molar-refractivity contribution in [3.63, 3.8) is 0 Å². The molecule has 1 unspecified atom stereocenters. The average molecular weight is 562 g/mol. The zero-order chi connectivity index (χ0) is 26.8. The van der Waals surface area contributed by atoms with Gasteiger partial charge in [-0.3, -0.25) is 19.7 Å². The molecule has 0 amide bonds. The van der Waals surface area contributed by atoms with Crippen LogP contribution in [0.15, 0.2) is 71.2 Å². The molecule has 4 aromatic rings. The van der Waals surface area contributed by atoms with Gasteiger partial charge in [0.25, 0.3) is 0 Å². The molecular weight excluding hydrogens is 537 g/mol. The van der Waals surface area contributed by atoms with E-state index in [1.807, 2.05) is 11.4 Å². The molecule has 2 aliphatic rings. The molecule has 0 spiro atoms. The summed E-state index contributed by atoms with van der Waals surface area (Å²) in [5.41, 5.74) is 4.11. The predicted octanol–water partition coefficient (Wildman–Crippen LogP) is 6.42. The van der Waals surface area contributed by atoms with Crippen LogP contribution in [0.2, 0.25) is 5.02 Å². The number of hydrogen-bond acceptors (Lipinski definition) is 8. The van der Waals surface area contributed by atoms with Gasteiger partial charge in [-0.15, -0.1) is 11.3 Å². The van der Waals surface area contributed by atoms with Gasteiger partial charge in [-0.25, -0.2) is 9.37 Å². The number of halogens is 2. The van der Waals surface area contributed by atoms with Crippen LogP contribution in [0.1, 0.15) is 28.8 Å². The number of ketones is 1.